The van der Waals surface area contributed by atoms with Crippen LogP contribution in [0.1, 0.15) is 98.6 Å². The minimum absolute atomic E-state index is 0.0519. The summed E-state index contributed by atoms with van der Waals surface area (Å²) in [6.07, 6.45) is 3.70. The first-order chi connectivity index (χ1) is 24.6. The zero-order valence-electron chi connectivity index (χ0n) is 30.9. The summed E-state index contributed by atoms with van der Waals surface area (Å²) in [6, 6.07) is 3.54. The van der Waals surface area contributed by atoms with Crippen molar-refractivity contribution in [3.8, 4) is 45.6 Å². The summed E-state index contributed by atoms with van der Waals surface area (Å²) >= 11 is 0. The number of hydrogen-bond donors (Lipinski definition) is 6. The van der Waals surface area contributed by atoms with E-state index < -0.39 is 11.5 Å². The van der Waals surface area contributed by atoms with E-state index in [9.17, 15) is 40.2 Å². The number of nitrogens with zero attached hydrogens (tertiary/aromatic N) is 2. The molecule has 12 heteroatoms. The number of carbonyl (C=O) groups excluding carboxylic acids is 2. The lowest BCUT2D eigenvalue weighted by Crippen LogP contribution is -2.02. The first-order valence-electron chi connectivity index (χ1n) is 17.2. The fourth-order valence-electron chi connectivity index (χ4n) is 6.77. The van der Waals surface area contributed by atoms with Gasteiger partial charge in [-0.1, -0.05) is 39.8 Å². The Morgan fingerprint density at radius 3 is 1.27 bits per heavy atom. The second-order valence-corrected chi connectivity index (χ2v) is 13.5. The average Bonchev–Trinajstić information content (AvgIpc) is 3.08. The summed E-state index contributed by atoms with van der Waals surface area (Å²) in [5.41, 5.74) is 2.49. The van der Waals surface area contributed by atoms with Crippen LogP contribution >= 0.6 is 0 Å². The van der Waals surface area contributed by atoms with Gasteiger partial charge in [0.05, 0.1) is 14.2 Å². The van der Waals surface area contributed by atoms with Gasteiger partial charge in [-0.2, -0.15) is 0 Å². The molecular weight excluding hydrogens is 668 g/mol. The summed E-state index contributed by atoms with van der Waals surface area (Å²) in [7, 11) is 2.60. The minimum atomic E-state index is -0.481. The molecule has 4 aromatic carbocycles. The summed E-state index contributed by atoms with van der Waals surface area (Å²) in [5, 5.41) is 70.6. The van der Waals surface area contributed by atoms with Crippen LogP contribution in [0.3, 0.4) is 0 Å². The first kappa shape index (κ1) is 39.3. The molecule has 12 nitrogen and oxygen atoms in total. The Morgan fingerprint density at radius 2 is 0.962 bits per heavy atom. The van der Waals surface area contributed by atoms with Crippen LogP contribution in [-0.2, 0) is 19.1 Å². The lowest BCUT2D eigenvalue weighted by Gasteiger charge is -2.23. The van der Waals surface area contributed by atoms with Gasteiger partial charge < -0.3 is 40.1 Å². The molecule has 0 amide bonds. The molecule has 0 aliphatic heterocycles. The lowest BCUT2D eigenvalue weighted by molar-refractivity contribution is -0.141. The van der Waals surface area contributed by atoms with Gasteiger partial charge in [0, 0.05) is 82.5 Å². The highest BCUT2D eigenvalue weighted by molar-refractivity contribution is 6.15. The van der Waals surface area contributed by atoms with Crippen LogP contribution in [0.5, 0.6) is 34.5 Å². The number of carbonyl (C=O) groups is 2. The Labute approximate surface area is 302 Å². The third-order valence-electron chi connectivity index (χ3n) is 9.22. The van der Waals surface area contributed by atoms with Gasteiger partial charge in [0.1, 0.15) is 11.5 Å². The average molecular weight is 717 g/mol. The molecule has 0 radical (unpaired) electrons. The Morgan fingerprint density at radius 1 is 0.615 bits per heavy atom. The predicted octanol–water partition coefficient (Wildman–Crippen LogP) is 7.50. The number of phenols is 6. The molecule has 4 rings (SSSR count). The van der Waals surface area contributed by atoms with Gasteiger partial charge >= 0.3 is 11.9 Å². The molecule has 6 N–H and O–H groups in total. The van der Waals surface area contributed by atoms with Gasteiger partial charge in [0.15, 0.2) is 23.0 Å². The number of methoxy groups -OCH3 is 2. The van der Waals surface area contributed by atoms with E-state index in [1.807, 2.05) is 27.7 Å². The Hall–Kier alpha value is -5.52. The van der Waals surface area contributed by atoms with Crippen molar-refractivity contribution in [1.29, 1.82) is 0 Å². The number of aromatic hydroxyl groups is 6. The number of aryl methyl sites for hydroxylation is 2. The quantitative estimate of drug-likeness (QED) is 0.0348. The highest BCUT2D eigenvalue weighted by atomic mass is 16.5. The molecule has 0 spiro atoms. The van der Waals surface area contributed by atoms with Crippen molar-refractivity contribution >= 4 is 45.9 Å². The van der Waals surface area contributed by atoms with Crippen molar-refractivity contribution < 1.29 is 49.7 Å². The van der Waals surface area contributed by atoms with Gasteiger partial charge in [-0.15, -0.1) is 0 Å². The number of fused-ring (bicyclic) bond motifs is 2. The molecule has 0 unspecified atom stereocenters. The van der Waals surface area contributed by atoms with E-state index in [1.165, 1.54) is 26.6 Å². The largest absolute Gasteiger partial charge is 0.507 e. The van der Waals surface area contributed by atoms with Crippen molar-refractivity contribution in [1.82, 2.24) is 0 Å². The van der Waals surface area contributed by atoms with E-state index in [-0.39, 0.29) is 106 Å². The Kier molecular flexibility index (Phi) is 12.2. The van der Waals surface area contributed by atoms with Crippen molar-refractivity contribution in [2.45, 2.75) is 79.1 Å². The number of ether oxygens (including phenoxy) is 2. The van der Waals surface area contributed by atoms with Gasteiger partial charge in [0.25, 0.3) is 0 Å². The van der Waals surface area contributed by atoms with Crippen molar-refractivity contribution in [3.63, 3.8) is 0 Å². The molecular formula is C40H48N2O10. The van der Waals surface area contributed by atoms with Crippen molar-refractivity contribution in [2.24, 2.45) is 9.98 Å². The van der Waals surface area contributed by atoms with Crippen LogP contribution in [-0.4, -0.2) is 82.3 Å². The van der Waals surface area contributed by atoms with E-state index in [0.29, 0.717) is 45.9 Å². The second kappa shape index (κ2) is 16.2. The maximum Gasteiger partial charge on any atom is 0.305 e. The van der Waals surface area contributed by atoms with E-state index in [0.717, 1.165) is 0 Å². The normalized spacial score (nSPS) is 12.0. The number of benzene rings is 4. The fourth-order valence-corrected chi connectivity index (χ4v) is 6.77. The molecule has 4 aromatic rings. The third-order valence-corrected chi connectivity index (χ3v) is 9.22. The zero-order chi connectivity index (χ0) is 38.6. The third kappa shape index (κ3) is 7.42. The molecule has 0 heterocycles. The summed E-state index contributed by atoms with van der Waals surface area (Å²) < 4.78 is 9.37. The van der Waals surface area contributed by atoms with E-state index in [4.69, 9.17) is 0 Å². The number of phenolic OH excluding ortho intramolecular Hbond substituents is 6. The van der Waals surface area contributed by atoms with Crippen LogP contribution in [0.2, 0.25) is 0 Å². The maximum absolute atomic E-state index is 12.2. The van der Waals surface area contributed by atoms with E-state index in [1.54, 1.807) is 26.0 Å². The number of esters is 2. The van der Waals surface area contributed by atoms with Gasteiger partial charge in [-0.3, -0.25) is 19.6 Å². The number of hydrogen-bond acceptors (Lipinski definition) is 12. The first-order valence-corrected chi connectivity index (χ1v) is 17.2. The standard InChI is InChI=1S/C40H48N2O10/c1-19(2)29-23-15-21(5)31(37(47)33(23)25(35(45)39(29)49)17-41-13-9-11-27(43)51-7)32-22(6)16-24-30(20(3)4)40(50)36(46)26(34(24)38(32)48)18-42-14-10-12-28(44)52-8/h15-20,45-50H,9-14H2,1-8H3. The number of aliphatic imine (C=N–C) groups is 2. The van der Waals surface area contributed by atoms with Crippen molar-refractivity contribution in [3.05, 3.63) is 45.5 Å². The molecule has 0 aliphatic rings. The molecule has 0 bridgehead atoms. The van der Waals surface area contributed by atoms with Gasteiger partial charge in [-0.25, -0.2) is 0 Å². The molecule has 278 valence electrons. The summed E-state index contributed by atoms with van der Waals surface area (Å²) in [6.45, 7) is 11.3. The molecule has 0 saturated carbocycles. The fraction of sp³-hybridized carbons (Fsp3) is 0.400. The smallest absolute Gasteiger partial charge is 0.305 e. The Balaban J connectivity index is 2.06. The molecule has 0 saturated heterocycles. The van der Waals surface area contributed by atoms with Crippen LogP contribution < -0.4 is 0 Å². The highest BCUT2D eigenvalue weighted by Gasteiger charge is 2.29. The highest BCUT2D eigenvalue weighted by Crippen LogP contribution is 2.54. The van der Waals surface area contributed by atoms with E-state index in [2.05, 4.69) is 19.5 Å². The minimum Gasteiger partial charge on any atom is -0.507 e. The lowest BCUT2D eigenvalue weighted by atomic mass is 9.83. The molecule has 52 heavy (non-hydrogen) atoms. The molecule has 0 aromatic heterocycles. The summed E-state index contributed by atoms with van der Waals surface area (Å²) in [5.74, 6) is -3.53. The predicted molar refractivity (Wildman–Crippen MR) is 202 cm³/mol. The molecule has 0 aliphatic carbocycles. The molecule has 0 fully saturated rings. The maximum atomic E-state index is 12.2. The van der Waals surface area contributed by atoms with Gasteiger partial charge in [0.2, 0.25) is 0 Å². The van der Waals surface area contributed by atoms with Crippen LogP contribution in [0.15, 0.2) is 22.1 Å². The van der Waals surface area contributed by atoms with Crippen LogP contribution in [0.25, 0.3) is 32.7 Å². The molecule has 0 atom stereocenters. The Bertz CT molecular complexity index is 1950. The second-order valence-electron chi connectivity index (χ2n) is 13.5. The number of rotatable bonds is 13. The van der Waals surface area contributed by atoms with Crippen LogP contribution in [0.4, 0.5) is 0 Å². The van der Waals surface area contributed by atoms with Crippen LogP contribution in [0, 0.1) is 13.8 Å². The van der Waals surface area contributed by atoms with E-state index >= 15 is 0 Å². The zero-order valence-corrected chi connectivity index (χ0v) is 30.9. The SMILES string of the molecule is COC(=O)CCCN=Cc1c(O)c(O)c(C(C)C)c2cc(C)c(-c3c(C)cc4c(C(C)C)c(O)c(O)c(C=NCCCC(=O)OC)c4c3O)c(O)c12. The van der Waals surface area contributed by atoms with Crippen molar-refractivity contribution in [2.75, 3.05) is 27.3 Å². The topological polar surface area (TPSA) is 199 Å². The summed E-state index contributed by atoms with van der Waals surface area (Å²) in [4.78, 5) is 31.9. The van der Waals surface area contributed by atoms with Gasteiger partial charge in [-0.05, 0) is 60.4 Å². The monoisotopic (exact) mass is 716 g/mol.